The first-order valence-corrected chi connectivity index (χ1v) is 8.98. The fraction of sp³-hybridized carbons (Fsp3) is 0.643. The highest BCUT2D eigenvalue weighted by Gasteiger charge is 2.27. The fourth-order valence-corrected chi connectivity index (χ4v) is 4.96. The van der Waals surface area contributed by atoms with Crippen LogP contribution in [0.1, 0.15) is 37.6 Å². The molecular weight excluding hydrogens is 274 g/mol. The van der Waals surface area contributed by atoms with Gasteiger partial charge in [-0.1, -0.05) is 13.3 Å². The minimum Gasteiger partial charge on any atom is -0.307 e. The Morgan fingerprint density at radius 2 is 2.42 bits per heavy atom. The fourth-order valence-electron chi connectivity index (χ4n) is 2.95. The predicted molar refractivity (Wildman–Crippen MR) is 84.2 cm³/mol. The van der Waals surface area contributed by atoms with Crippen LogP contribution in [0.15, 0.2) is 11.6 Å². The average Bonchev–Trinajstić information content (AvgIpc) is 3.05. The minimum absolute atomic E-state index is 0.675. The van der Waals surface area contributed by atoms with Crippen LogP contribution in [0, 0.1) is 6.92 Å². The van der Waals surface area contributed by atoms with Crippen LogP contribution in [-0.4, -0.2) is 26.4 Å². The van der Waals surface area contributed by atoms with Crippen LogP contribution in [0.5, 0.6) is 0 Å². The summed E-state index contributed by atoms with van der Waals surface area (Å²) in [6.07, 6.45) is 6.19. The minimum atomic E-state index is 0.675. The van der Waals surface area contributed by atoms with Crippen molar-refractivity contribution in [2.75, 3.05) is 5.75 Å². The van der Waals surface area contributed by atoms with Crippen molar-refractivity contribution in [2.45, 2.75) is 50.9 Å². The van der Waals surface area contributed by atoms with E-state index in [0.717, 1.165) is 22.4 Å². The first kappa shape index (κ1) is 13.5. The van der Waals surface area contributed by atoms with Gasteiger partial charge in [-0.05, 0) is 25.5 Å². The van der Waals surface area contributed by atoms with Gasteiger partial charge in [-0.2, -0.15) is 11.8 Å². The Labute approximate surface area is 122 Å². The van der Waals surface area contributed by atoms with Gasteiger partial charge in [-0.15, -0.1) is 11.3 Å². The SMILES string of the molecule is CCSC1CCCC1NCc1c(C)nc2sccn12. The van der Waals surface area contributed by atoms with E-state index in [1.807, 2.05) is 0 Å². The topological polar surface area (TPSA) is 29.3 Å². The van der Waals surface area contributed by atoms with Gasteiger partial charge >= 0.3 is 0 Å². The molecule has 1 N–H and O–H groups in total. The van der Waals surface area contributed by atoms with E-state index >= 15 is 0 Å². The van der Waals surface area contributed by atoms with E-state index in [1.54, 1.807) is 11.3 Å². The van der Waals surface area contributed by atoms with Gasteiger partial charge in [0.25, 0.3) is 0 Å². The molecule has 19 heavy (non-hydrogen) atoms. The van der Waals surface area contributed by atoms with E-state index in [4.69, 9.17) is 0 Å². The number of nitrogens with zero attached hydrogens (tertiary/aromatic N) is 2. The lowest BCUT2D eigenvalue weighted by atomic mass is 10.2. The molecule has 2 aromatic heterocycles. The molecule has 0 amide bonds. The van der Waals surface area contributed by atoms with Gasteiger partial charge in [0.05, 0.1) is 11.4 Å². The Hall–Kier alpha value is -0.520. The molecule has 1 aliphatic carbocycles. The third kappa shape index (κ3) is 2.69. The lowest BCUT2D eigenvalue weighted by Crippen LogP contribution is -2.34. The molecule has 5 heteroatoms. The third-order valence-electron chi connectivity index (χ3n) is 3.93. The molecule has 0 aliphatic heterocycles. The number of rotatable bonds is 5. The summed E-state index contributed by atoms with van der Waals surface area (Å²) in [4.78, 5) is 5.72. The summed E-state index contributed by atoms with van der Waals surface area (Å²) in [5.41, 5.74) is 2.49. The van der Waals surface area contributed by atoms with Crippen molar-refractivity contribution in [3.05, 3.63) is 23.0 Å². The number of hydrogen-bond donors (Lipinski definition) is 1. The smallest absolute Gasteiger partial charge is 0.194 e. The van der Waals surface area contributed by atoms with Crippen LogP contribution in [0.25, 0.3) is 4.96 Å². The molecule has 3 rings (SSSR count). The zero-order valence-corrected chi connectivity index (χ0v) is 13.2. The average molecular weight is 295 g/mol. The predicted octanol–water partition coefficient (Wildman–Crippen LogP) is 3.47. The standard InChI is InChI=1S/C14H21N3S2/c1-3-18-13-6-4-5-11(13)15-9-12-10(2)16-14-17(12)7-8-19-14/h7-8,11,13,15H,3-6,9H2,1-2H3. The summed E-state index contributed by atoms with van der Waals surface area (Å²) in [5.74, 6) is 1.23. The van der Waals surface area contributed by atoms with Crippen LogP contribution in [0.2, 0.25) is 0 Å². The molecule has 2 heterocycles. The Morgan fingerprint density at radius 1 is 1.53 bits per heavy atom. The first-order chi connectivity index (χ1) is 9.29. The van der Waals surface area contributed by atoms with Gasteiger partial charge in [-0.3, -0.25) is 4.40 Å². The second-order valence-corrected chi connectivity index (χ2v) is 7.50. The number of fused-ring (bicyclic) bond motifs is 1. The van der Waals surface area contributed by atoms with Crippen LogP contribution >= 0.6 is 23.1 Å². The van der Waals surface area contributed by atoms with Crippen LogP contribution in [0.3, 0.4) is 0 Å². The van der Waals surface area contributed by atoms with E-state index in [2.05, 4.69) is 51.9 Å². The highest BCUT2D eigenvalue weighted by Crippen LogP contribution is 2.30. The molecule has 0 aromatic carbocycles. The summed E-state index contributed by atoms with van der Waals surface area (Å²) in [5, 5.41) is 6.67. The maximum Gasteiger partial charge on any atom is 0.194 e. The molecular formula is C14H21N3S2. The molecule has 104 valence electrons. The van der Waals surface area contributed by atoms with Crippen molar-refractivity contribution >= 4 is 28.1 Å². The maximum atomic E-state index is 4.61. The lowest BCUT2D eigenvalue weighted by Gasteiger charge is -2.20. The Morgan fingerprint density at radius 3 is 3.26 bits per heavy atom. The second kappa shape index (κ2) is 5.85. The maximum absolute atomic E-state index is 4.61. The molecule has 0 bridgehead atoms. The van der Waals surface area contributed by atoms with Gasteiger partial charge in [0.1, 0.15) is 0 Å². The van der Waals surface area contributed by atoms with Crippen molar-refractivity contribution in [2.24, 2.45) is 0 Å². The number of imidazole rings is 1. The lowest BCUT2D eigenvalue weighted by molar-refractivity contribution is 0.525. The molecule has 1 saturated carbocycles. The first-order valence-electron chi connectivity index (χ1n) is 7.05. The van der Waals surface area contributed by atoms with Crippen molar-refractivity contribution in [1.29, 1.82) is 0 Å². The number of thiazole rings is 1. The Balaban J connectivity index is 1.68. The summed E-state index contributed by atoms with van der Waals surface area (Å²) in [7, 11) is 0. The second-order valence-electron chi connectivity index (χ2n) is 5.11. The summed E-state index contributed by atoms with van der Waals surface area (Å²) in [6, 6.07) is 0.675. The van der Waals surface area contributed by atoms with Gasteiger partial charge in [-0.25, -0.2) is 4.98 Å². The van der Waals surface area contributed by atoms with E-state index in [1.165, 1.54) is 30.7 Å². The molecule has 2 aromatic rings. The number of hydrogen-bond acceptors (Lipinski definition) is 4. The van der Waals surface area contributed by atoms with Gasteiger partial charge in [0.15, 0.2) is 4.96 Å². The highest BCUT2D eigenvalue weighted by molar-refractivity contribution is 7.99. The largest absolute Gasteiger partial charge is 0.307 e. The van der Waals surface area contributed by atoms with Crippen LogP contribution < -0.4 is 5.32 Å². The molecule has 0 saturated heterocycles. The van der Waals surface area contributed by atoms with Crippen LogP contribution in [-0.2, 0) is 6.54 Å². The molecule has 0 radical (unpaired) electrons. The quantitative estimate of drug-likeness (QED) is 0.916. The monoisotopic (exact) mass is 295 g/mol. The summed E-state index contributed by atoms with van der Waals surface area (Å²) in [6.45, 7) is 5.31. The normalized spacial score (nSPS) is 23.5. The number of thioether (sulfide) groups is 1. The molecule has 1 fully saturated rings. The molecule has 2 unspecified atom stereocenters. The van der Waals surface area contributed by atoms with Crippen molar-refractivity contribution < 1.29 is 0 Å². The highest BCUT2D eigenvalue weighted by atomic mass is 32.2. The third-order valence-corrected chi connectivity index (χ3v) is 6.01. The number of aryl methyl sites for hydroxylation is 1. The van der Waals surface area contributed by atoms with E-state index in [-0.39, 0.29) is 0 Å². The Bertz CT molecular complexity index is 546. The zero-order chi connectivity index (χ0) is 13.2. The van der Waals surface area contributed by atoms with Gasteiger partial charge in [0, 0.05) is 29.4 Å². The molecule has 2 atom stereocenters. The van der Waals surface area contributed by atoms with E-state index in [9.17, 15) is 0 Å². The molecule has 3 nitrogen and oxygen atoms in total. The van der Waals surface area contributed by atoms with Gasteiger partial charge in [0.2, 0.25) is 0 Å². The van der Waals surface area contributed by atoms with Crippen molar-refractivity contribution in [3.8, 4) is 0 Å². The zero-order valence-electron chi connectivity index (χ0n) is 11.6. The van der Waals surface area contributed by atoms with Gasteiger partial charge < -0.3 is 5.32 Å². The summed E-state index contributed by atoms with van der Waals surface area (Å²) < 4.78 is 2.23. The van der Waals surface area contributed by atoms with Crippen LogP contribution in [0.4, 0.5) is 0 Å². The Kier molecular flexibility index (Phi) is 4.15. The summed E-state index contributed by atoms with van der Waals surface area (Å²) >= 11 is 3.82. The van der Waals surface area contributed by atoms with E-state index in [0.29, 0.717) is 6.04 Å². The number of aromatic nitrogens is 2. The van der Waals surface area contributed by atoms with Crippen molar-refractivity contribution in [3.63, 3.8) is 0 Å². The number of nitrogens with one attached hydrogen (secondary N) is 1. The van der Waals surface area contributed by atoms with E-state index < -0.39 is 0 Å². The van der Waals surface area contributed by atoms with Crippen molar-refractivity contribution in [1.82, 2.24) is 14.7 Å². The molecule has 1 aliphatic rings. The molecule has 0 spiro atoms.